The highest BCUT2D eigenvalue weighted by atomic mass is 32.2. The molecule has 1 fully saturated rings. The topological polar surface area (TPSA) is 21.3 Å². The van der Waals surface area contributed by atoms with Crippen LogP contribution in [0.15, 0.2) is 12.7 Å². The standard InChI is InChI=1S/C8H15NOS/c1-3-4-10-9-8-6-11-5-7(8)2/h3,7-9H,1,4-6H2,2H3. The second-order valence-electron chi connectivity index (χ2n) is 2.84. The highest BCUT2D eigenvalue weighted by Crippen LogP contribution is 2.23. The molecular formula is C8H15NOS. The van der Waals surface area contributed by atoms with E-state index in [0.717, 1.165) is 11.7 Å². The van der Waals surface area contributed by atoms with E-state index in [9.17, 15) is 0 Å². The van der Waals surface area contributed by atoms with E-state index in [4.69, 9.17) is 4.84 Å². The van der Waals surface area contributed by atoms with Crippen LogP contribution in [0.25, 0.3) is 0 Å². The van der Waals surface area contributed by atoms with E-state index in [2.05, 4.69) is 19.0 Å². The number of thioether (sulfide) groups is 1. The molecule has 0 aromatic heterocycles. The van der Waals surface area contributed by atoms with E-state index >= 15 is 0 Å². The number of nitrogens with one attached hydrogen (secondary N) is 1. The molecule has 0 radical (unpaired) electrons. The first kappa shape index (κ1) is 9.10. The SMILES string of the molecule is C=CCONC1CSCC1C. The number of hydrogen-bond donors (Lipinski definition) is 1. The van der Waals surface area contributed by atoms with Crippen molar-refractivity contribution in [3.63, 3.8) is 0 Å². The lowest BCUT2D eigenvalue weighted by Crippen LogP contribution is -2.34. The Kier molecular flexibility index (Phi) is 3.97. The maximum absolute atomic E-state index is 5.16. The Bertz CT molecular complexity index is 129. The summed E-state index contributed by atoms with van der Waals surface area (Å²) in [6.07, 6.45) is 1.75. The van der Waals surface area contributed by atoms with Crippen LogP contribution in [0, 0.1) is 5.92 Å². The monoisotopic (exact) mass is 173 g/mol. The van der Waals surface area contributed by atoms with Crippen molar-refractivity contribution in [2.24, 2.45) is 5.92 Å². The first-order valence-corrected chi connectivity index (χ1v) is 5.06. The van der Waals surface area contributed by atoms with E-state index in [0.29, 0.717) is 12.6 Å². The fourth-order valence-electron chi connectivity index (χ4n) is 1.03. The molecule has 11 heavy (non-hydrogen) atoms. The minimum Gasteiger partial charge on any atom is -0.297 e. The molecule has 0 amide bonds. The summed E-state index contributed by atoms with van der Waals surface area (Å²) in [5.74, 6) is 3.14. The van der Waals surface area contributed by atoms with Crippen molar-refractivity contribution in [2.45, 2.75) is 13.0 Å². The molecule has 2 unspecified atom stereocenters. The Morgan fingerprint density at radius 2 is 2.55 bits per heavy atom. The molecule has 0 bridgehead atoms. The lowest BCUT2D eigenvalue weighted by atomic mass is 10.1. The van der Waals surface area contributed by atoms with Gasteiger partial charge in [-0.15, -0.1) is 6.58 Å². The summed E-state index contributed by atoms with van der Waals surface area (Å²) < 4.78 is 0. The van der Waals surface area contributed by atoms with Gasteiger partial charge in [0.2, 0.25) is 0 Å². The predicted octanol–water partition coefficient (Wildman–Crippen LogP) is 1.45. The minimum absolute atomic E-state index is 0.528. The Labute approximate surface area is 72.3 Å². The second-order valence-corrected chi connectivity index (χ2v) is 3.91. The Morgan fingerprint density at radius 3 is 3.09 bits per heavy atom. The van der Waals surface area contributed by atoms with Crippen LogP contribution in [-0.4, -0.2) is 24.2 Å². The normalized spacial score (nSPS) is 30.6. The molecule has 1 rings (SSSR count). The Hall–Kier alpha value is 0.0100. The Morgan fingerprint density at radius 1 is 1.73 bits per heavy atom. The molecule has 1 saturated heterocycles. The third-order valence-corrected chi connectivity index (χ3v) is 3.16. The van der Waals surface area contributed by atoms with Gasteiger partial charge in [0.25, 0.3) is 0 Å². The largest absolute Gasteiger partial charge is 0.297 e. The average Bonchev–Trinajstić information content (AvgIpc) is 2.37. The van der Waals surface area contributed by atoms with Crippen molar-refractivity contribution >= 4 is 11.8 Å². The van der Waals surface area contributed by atoms with Crippen molar-refractivity contribution in [2.75, 3.05) is 18.1 Å². The van der Waals surface area contributed by atoms with Crippen LogP contribution in [0.1, 0.15) is 6.92 Å². The second kappa shape index (κ2) is 4.80. The summed E-state index contributed by atoms with van der Waals surface area (Å²) in [5, 5.41) is 0. The lowest BCUT2D eigenvalue weighted by Gasteiger charge is -2.14. The van der Waals surface area contributed by atoms with Gasteiger partial charge in [0.1, 0.15) is 0 Å². The van der Waals surface area contributed by atoms with Gasteiger partial charge in [0.05, 0.1) is 6.61 Å². The van der Waals surface area contributed by atoms with Crippen LogP contribution in [0.5, 0.6) is 0 Å². The highest BCUT2D eigenvalue weighted by molar-refractivity contribution is 7.99. The van der Waals surface area contributed by atoms with Crippen molar-refractivity contribution < 1.29 is 4.84 Å². The van der Waals surface area contributed by atoms with Gasteiger partial charge in [0, 0.05) is 11.8 Å². The van der Waals surface area contributed by atoms with Crippen molar-refractivity contribution in [3.05, 3.63) is 12.7 Å². The molecule has 0 aliphatic carbocycles. The van der Waals surface area contributed by atoms with Gasteiger partial charge < -0.3 is 0 Å². The molecule has 1 aliphatic heterocycles. The third-order valence-electron chi connectivity index (χ3n) is 1.80. The van der Waals surface area contributed by atoms with Crippen LogP contribution in [0.3, 0.4) is 0 Å². The molecule has 2 nitrogen and oxygen atoms in total. The van der Waals surface area contributed by atoms with E-state index in [1.165, 1.54) is 5.75 Å². The maximum atomic E-state index is 5.16. The third kappa shape index (κ3) is 2.85. The van der Waals surface area contributed by atoms with Crippen LogP contribution in [-0.2, 0) is 4.84 Å². The van der Waals surface area contributed by atoms with Crippen LogP contribution >= 0.6 is 11.8 Å². The van der Waals surface area contributed by atoms with Gasteiger partial charge in [-0.3, -0.25) is 4.84 Å². The van der Waals surface area contributed by atoms with E-state index < -0.39 is 0 Å². The van der Waals surface area contributed by atoms with Crippen molar-refractivity contribution in [3.8, 4) is 0 Å². The molecule has 0 aromatic carbocycles. The molecular weight excluding hydrogens is 158 g/mol. The zero-order valence-electron chi connectivity index (χ0n) is 6.88. The van der Waals surface area contributed by atoms with Gasteiger partial charge in [-0.2, -0.15) is 17.2 Å². The quantitative estimate of drug-likeness (QED) is 0.395. The van der Waals surface area contributed by atoms with Gasteiger partial charge in [-0.25, -0.2) is 0 Å². The maximum Gasteiger partial charge on any atom is 0.0861 e. The predicted molar refractivity (Wildman–Crippen MR) is 49.6 cm³/mol. The molecule has 0 spiro atoms. The summed E-state index contributed by atoms with van der Waals surface area (Å²) >= 11 is 1.98. The number of hydrogen-bond acceptors (Lipinski definition) is 3. The zero-order chi connectivity index (χ0) is 8.10. The number of rotatable bonds is 4. The smallest absolute Gasteiger partial charge is 0.0861 e. The minimum atomic E-state index is 0.528. The first-order chi connectivity index (χ1) is 5.34. The summed E-state index contributed by atoms with van der Waals surface area (Å²) in [4.78, 5) is 5.16. The summed E-state index contributed by atoms with van der Waals surface area (Å²) in [7, 11) is 0. The first-order valence-electron chi connectivity index (χ1n) is 3.90. The molecule has 0 aromatic rings. The molecule has 1 N–H and O–H groups in total. The van der Waals surface area contributed by atoms with Crippen molar-refractivity contribution in [1.82, 2.24) is 5.48 Å². The van der Waals surface area contributed by atoms with Crippen molar-refractivity contribution in [1.29, 1.82) is 0 Å². The zero-order valence-corrected chi connectivity index (χ0v) is 7.69. The average molecular weight is 173 g/mol. The highest BCUT2D eigenvalue weighted by Gasteiger charge is 2.23. The molecule has 1 heterocycles. The lowest BCUT2D eigenvalue weighted by molar-refractivity contribution is 0.0316. The fraction of sp³-hybridized carbons (Fsp3) is 0.750. The van der Waals surface area contributed by atoms with E-state index in [1.807, 2.05) is 11.8 Å². The Balaban J connectivity index is 2.10. The summed E-state index contributed by atoms with van der Waals surface area (Å²) in [6, 6.07) is 0.528. The summed E-state index contributed by atoms with van der Waals surface area (Å²) in [5.41, 5.74) is 3.04. The number of hydroxylamine groups is 1. The van der Waals surface area contributed by atoms with Gasteiger partial charge in [0.15, 0.2) is 0 Å². The molecule has 0 saturated carbocycles. The van der Waals surface area contributed by atoms with Crippen LogP contribution in [0.2, 0.25) is 0 Å². The fourth-order valence-corrected chi connectivity index (χ4v) is 2.42. The van der Waals surface area contributed by atoms with E-state index in [1.54, 1.807) is 6.08 Å². The van der Waals surface area contributed by atoms with E-state index in [-0.39, 0.29) is 0 Å². The van der Waals surface area contributed by atoms with Gasteiger partial charge >= 0.3 is 0 Å². The molecule has 2 atom stereocenters. The van der Waals surface area contributed by atoms with Crippen LogP contribution in [0.4, 0.5) is 0 Å². The van der Waals surface area contributed by atoms with Gasteiger partial charge in [-0.05, 0) is 11.7 Å². The summed E-state index contributed by atoms with van der Waals surface area (Å²) in [6.45, 7) is 6.41. The molecule has 3 heteroatoms. The molecule has 64 valence electrons. The molecule has 1 aliphatic rings. The van der Waals surface area contributed by atoms with Gasteiger partial charge in [-0.1, -0.05) is 13.0 Å². The van der Waals surface area contributed by atoms with Crippen LogP contribution < -0.4 is 5.48 Å².